The maximum absolute atomic E-state index is 12.4. The van der Waals surface area contributed by atoms with Gasteiger partial charge in [0.25, 0.3) is 0 Å². The average molecular weight is 328 g/mol. The van der Waals surface area contributed by atoms with Crippen molar-refractivity contribution in [3.63, 3.8) is 0 Å². The Kier molecular flexibility index (Phi) is 4.71. The van der Waals surface area contributed by atoms with Crippen LogP contribution in [0.4, 0.5) is 0 Å². The first-order valence-electron chi connectivity index (χ1n) is 7.84. The molecule has 126 valence electrons. The fourth-order valence-electron chi connectivity index (χ4n) is 2.22. The Bertz CT molecular complexity index is 707. The van der Waals surface area contributed by atoms with Gasteiger partial charge >= 0.3 is 5.97 Å². The minimum Gasteiger partial charge on any atom is -0.497 e. The molecule has 0 aliphatic heterocycles. The van der Waals surface area contributed by atoms with Gasteiger partial charge in [0.15, 0.2) is 0 Å². The van der Waals surface area contributed by atoms with Crippen molar-refractivity contribution in [1.29, 1.82) is 0 Å². The Balaban J connectivity index is 1.72. The summed E-state index contributed by atoms with van der Waals surface area (Å²) < 4.78 is 16.2. The number of benzene rings is 2. The molecule has 5 heteroatoms. The number of aliphatic hydroxyl groups is 1. The average Bonchev–Trinajstić information content (AvgIpc) is 3.36. The van der Waals surface area contributed by atoms with Crippen LogP contribution in [0.25, 0.3) is 0 Å². The maximum Gasteiger partial charge on any atom is 0.342 e. The zero-order chi connectivity index (χ0) is 17.0. The number of rotatable bonds is 7. The van der Waals surface area contributed by atoms with E-state index in [1.807, 2.05) is 30.3 Å². The van der Waals surface area contributed by atoms with Gasteiger partial charge < -0.3 is 19.3 Å². The topological polar surface area (TPSA) is 65.0 Å². The summed E-state index contributed by atoms with van der Waals surface area (Å²) in [5.41, 5.74) is 0.434. The Hall–Kier alpha value is -2.53. The van der Waals surface area contributed by atoms with E-state index in [1.165, 1.54) is 7.11 Å². The second kappa shape index (κ2) is 6.93. The first-order chi connectivity index (χ1) is 11.6. The van der Waals surface area contributed by atoms with Gasteiger partial charge in [-0.3, -0.25) is 0 Å². The summed E-state index contributed by atoms with van der Waals surface area (Å²) in [6.07, 6.45) is 1.44. The summed E-state index contributed by atoms with van der Waals surface area (Å²) in [5.74, 6) is 0.434. The molecule has 0 atom stereocenters. The molecule has 0 saturated heterocycles. The second-order valence-corrected chi connectivity index (χ2v) is 5.94. The Labute approximate surface area is 140 Å². The summed E-state index contributed by atoms with van der Waals surface area (Å²) >= 11 is 0. The van der Waals surface area contributed by atoms with Crippen molar-refractivity contribution < 1.29 is 24.1 Å². The smallest absolute Gasteiger partial charge is 0.342 e. The Morgan fingerprint density at radius 2 is 1.92 bits per heavy atom. The third-order valence-electron chi connectivity index (χ3n) is 3.94. The molecule has 24 heavy (non-hydrogen) atoms. The largest absolute Gasteiger partial charge is 0.497 e. The number of hydrogen-bond acceptors (Lipinski definition) is 5. The standard InChI is InChI=1S/C19H20O5/c1-22-15-7-8-17(24-13-19(21)9-10-19)16(11-15)18(20)23-12-14-5-3-2-4-6-14/h2-8,11,21H,9-10,12-13H2,1H3. The van der Waals surface area contributed by atoms with E-state index in [-0.39, 0.29) is 18.8 Å². The summed E-state index contributed by atoms with van der Waals surface area (Å²) in [6.45, 7) is 0.346. The van der Waals surface area contributed by atoms with E-state index in [2.05, 4.69) is 0 Å². The third kappa shape index (κ3) is 4.06. The molecule has 1 aliphatic rings. The van der Waals surface area contributed by atoms with Gasteiger partial charge in [0.1, 0.15) is 30.3 Å². The molecule has 0 radical (unpaired) electrons. The lowest BCUT2D eigenvalue weighted by molar-refractivity contribution is 0.0457. The molecule has 1 N–H and O–H groups in total. The summed E-state index contributed by atoms with van der Waals surface area (Å²) in [4.78, 5) is 12.4. The molecule has 0 unspecified atom stereocenters. The highest BCUT2D eigenvalue weighted by molar-refractivity contribution is 5.93. The number of carbonyl (C=O) groups is 1. The first kappa shape index (κ1) is 16.3. The molecule has 0 bridgehead atoms. The lowest BCUT2D eigenvalue weighted by atomic mass is 10.2. The predicted octanol–water partition coefficient (Wildman–Crippen LogP) is 2.96. The van der Waals surface area contributed by atoms with Crippen LogP contribution in [0, 0.1) is 0 Å². The SMILES string of the molecule is COc1ccc(OCC2(O)CC2)c(C(=O)OCc2ccccc2)c1. The molecular formula is C19H20O5. The van der Waals surface area contributed by atoms with E-state index < -0.39 is 11.6 Å². The van der Waals surface area contributed by atoms with Crippen LogP contribution >= 0.6 is 0 Å². The van der Waals surface area contributed by atoms with Crippen LogP contribution in [-0.4, -0.2) is 30.4 Å². The van der Waals surface area contributed by atoms with Crippen LogP contribution in [0.5, 0.6) is 11.5 Å². The molecule has 3 rings (SSSR count). The lowest BCUT2D eigenvalue weighted by Gasteiger charge is -2.14. The zero-order valence-electron chi connectivity index (χ0n) is 13.5. The highest BCUT2D eigenvalue weighted by Gasteiger charge is 2.41. The predicted molar refractivity (Wildman–Crippen MR) is 88.2 cm³/mol. The van der Waals surface area contributed by atoms with Gasteiger partial charge in [-0.25, -0.2) is 4.79 Å². The van der Waals surface area contributed by atoms with Crippen molar-refractivity contribution in [2.24, 2.45) is 0 Å². The van der Waals surface area contributed by atoms with Gasteiger partial charge in [-0.05, 0) is 36.6 Å². The van der Waals surface area contributed by atoms with Crippen molar-refractivity contribution >= 4 is 5.97 Å². The van der Waals surface area contributed by atoms with Crippen LogP contribution in [0.15, 0.2) is 48.5 Å². The van der Waals surface area contributed by atoms with Crippen molar-refractivity contribution in [1.82, 2.24) is 0 Å². The molecule has 2 aromatic rings. The van der Waals surface area contributed by atoms with Gasteiger partial charge in [-0.2, -0.15) is 0 Å². The van der Waals surface area contributed by atoms with E-state index in [0.717, 1.165) is 18.4 Å². The number of esters is 1. The molecule has 0 amide bonds. The van der Waals surface area contributed by atoms with Crippen LogP contribution in [0.3, 0.4) is 0 Å². The molecule has 5 nitrogen and oxygen atoms in total. The van der Waals surface area contributed by atoms with Crippen molar-refractivity contribution in [3.8, 4) is 11.5 Å². The fraction of sp³-hybridized carbons (Fsp3) is 0.316. The van der Waals surface area contributed by atoms with Crippen LogP contribution in [0.2, 0.25) is 0 Å². The second-order valence-electron chi connectivity index (χ2n) is 5.94. The monoisotopic (exact) mass is 328 g/mol. The minimum atomic E-state index is -0.759. The molecule has 2 aromatic carbocycles. The highest BCUT2D eigenvalue weighted by atomic mass is 16.5. The fourth-order valence-corrected chi connectivity index (χ4v) is 2.22. The van der Waals surface area contributed by atoms with Crippen LogP contribution in [0.1, 0.15) is 28.8 Å². The summed E-state index contributed by atoms with van der Waals surface area (Å²) in [6, 6.07) is 14.4. The molecule has 1 fully saturated rings. The lowest BCUT2D eigenvalue weighted by Crippen LogP contribution is -2.19. The van der Waals surface area contributed by atoms with E-state index in [4.69, 9.17) is 14.2 Å². The Morgan fingerprint density at radius 3 is 2.58 bits per heavy atom. The number of ether oxygens (including phenoxy) is 3. The summed E-state index contributed by atoms with van der Waals surface area (Å²) in [5, 5.41) is 9.91. The third-order valence-corrected chi connectivity index (χ3v) is 3.94. The minimum absolute atomic E-state index is 0.165. The van der Waals surface area contributed by atoms with Crippen molar-refractivity contribution in [2.45, 2.75) is 25.0 Å². The van der Waals surface area contributed by atoms with Gasteiger partial charge in [0.2, 0.25) is 0 Å². The molecular weight excluding hydrogens is 308 g/mol. The molecule has 0 spiro atoms. The Morgan fingerprint density at radius 1 is 1.17 bits per heavy atom. The van der Waals surface area contributed by atoms with Crippen LogP contribution < -0.4 is 9.47 Å². The number of hydrogen-bond donors (Lipinski definition) is 1. The zero-order valence-corrected chi connectivity index (χ0v) is 13.5. The van der Waals surface area contributed by atoms with Gasteiger partial charge in [-0.15, -0.1) is 0 Å². The highest BCUT2D eigenvalue weighted by Crippen LogP contribution is 2.36. The molecule has 1 aliphatic carbocycles. The van der Waals surface area contributed by atoms with Crippen molar-refractivity contribution in [2.75, 3.05) is 13.7 Å². The van der Waals surface area contributed by atoms with E-state index in [9.17, 15) is 9.90 Å². The van der Waals surface area contributed by atoms with E-state index >= 15 is 0 Å². The van der Waals surface area contributed by atoms with Gasteiger partial charge in [0, 0.05) is 0 Å². The van der Waals surface area contributed by atoms with Gasteiger partial charge in [-0.1, -0.05) is 30.3 Å². The normalized spacial score (nSPS) is 14.8. The quantitative estimate of drug-likeness (QED) is 0.792. The molecule has 0 aromatic heterocycles. The number of methoxy groups -OCH3 is 1. The first-order valence-corrected chi connectivity index (χ1v) is 7.84. The maximum atomic E-state index is 12.4. The van der Waals surface area contributed by atoms with Gasteiger partial charge in [0.05, 0.1) is 12.7 Å². The number of carbonyl (C=O) groups excluding carboxylic acids is 1. The van der Waals surface area contributed by atoms with Crippen molar-refractivity contribution in [3.05, 3.63) is 59.7 Å². The van der Waals surface area contributed by atoms with E-state index in [1.54, 1.807) is 18.2 Å². The molecule has 1 saturated carbocycles. The van der Waals surface area contributed by atoms with E-state index in [0.29, 0.717) is 11.5 Å². The van der Waals surface area contributed by atoms with Crippen LogP contribution in [-0.2, 0) is 11.3 Å². The molecule has 0 heterocycles. The summed E-state index contributed by atoms with van der Waals surface area (Å²) in [7, 11) is 1.53.